The van der Waals surface area contributed by atoms with E-state index in [1.54, 1.807) is 35.2 Å². The van der Waals surface area contributed by atoms with E-state index < -0.39 is 9.84 Å². The molecule has 2 aromatic carbocycles. The van der Waals surface area contributed by atoms with Gasteiger partial charge in [0.15, 0.2) is 9.84 Å². The first-order valence-corrected chi connectivity index (χ1v) is 11.0. The Hall–Kier alpha value is -2.18. The van der Waals surface area contributed by atoms with Gasteiger partial charge in [0.25, 0.3) is 0 Å². The number of amides is 1. The SMILES string of the molecule is O=C(CCS(=O)(=O)c1ccccc1)N1CC(N2CCc3ccccc3C2)C1. The third-order valence-electron chi connectivity index (χ3n) is 5.58. The van der Waals surface area contributed by atoms with Crippen LogP contribution in [-0.2, 0) is 27.6 Å². The zero-order valence-electron chi connectivity index (χ0n) is 15.3. The van der Waals surface area contributed by atoms with Crippen LogP contribution in [-0.4, -0.2) is 55.6 Å². The van der Waals surface area contributed by atoms with Gasteiger partial charge in [-0.05, 0) is 29.7 Å². The fourth-order valence-electron chi connectivity index (χ4n) is 3.84. The molecule has 1 fully saturated rings. The first-order valence-electron chi connectivity index (χ1n) is 9.39. The maximum atomic E-state index is 12.4. The molecule has 1 amide bonds. The Morgan fingerprint density at radius 1 is 0.963 bits per heavy atom. The summed E-state index contributed by atoms with van der Waals surface area (Å²) < 4.78 is 24.6. The van der Waals surface area contributed by atoms with Crippen molar-refractivity contribution in [1.82, 2.24) is 9.80 Å². The Kier molecular flexibility index (Phi) is 5.02. The van der Waals surface area contributed by atoms with E-state index in [4.69, 9.17) is 0 Å². The molecule has 0 saturated carbocycles. The molecule has 6 heteroatoms. The number of benzene rings is 2. The molecule has 0 spiro atoms. The zero-order chi connectivity index (χ0) is 18.9. The quantitative estimate of drug-likeness (QED) is 0.792. The smallest absolute Gasteiger partial charge is 0.223 e. The molecule has 0 aliphatic carbocycles. The Bertz CT molecular complexity index is 921. The minimum absolute atomic E-state index is 0.0484. The number of fused-ring (bicyclic) bond motifs is 1. The monoisotopic (exact) mass is 384 g/mol. The Morgan fingerprint density at radius 3 is 2.37 bits per heavy atom. The van der Waals surface area contributed by atoms with Gasteiger partial charge in [0, 0.05) is 38.6 Å². The largest absolute Gasteiger partial charge is 0.339 e. The van der Waals surface area contributed by atoms with Gasteiger partial charge < -0.3 is 4.90 Å². The highest BCUT2D eigenvalue weighted by Gasteiger charge is 2.36. The van der Waals surface area contributed by atoms with Gasteiger partial charge in [-0.15, -0.1) is 0 Å². The van der Waals surface area contributed by atoms with Gasteiger partial charge in [0.1, 0.15) is 0 Å². The summed E-state index contributed by atoms with van der Waals surface area (Å²) in [7, 11) is -3.40. The van der Waals surface area contributed by atoms with Crippen molar-refractivity contribution in [3.8, 4) is 0 Å². The third-order valence-corrected chi connectivity index (χ3v) is 7.31. The molecule has 0 bridgehead atoms. The summed E-state index contributed by atoms with van der Waals surface area (Å²) in [5, 5.41) is 0. The molecule has 0 radical (unpaired) electrons. The number of hydrogen-bond donors (Lipinski definition) is 0. The fraction of sp³-hybridized carbons (Fsp3) is 0.381. The topological polar surface area (TPSA) is 57.7 Å². The second-order valence-corrected chi connectivity index (χ2v) is 9.43. The van der Waals surface area contributed by atoms with E-state index in [0.29, 0.717) is 19.1 Å². The molecule has 2 heterocycles. The zero-order valence-corrected chi connectivity index (χ0v) is 16.1. The predicted octanol–water partition coefficient (Wildman–Crippen LogP) is 2.12. The van der Waals surface area contributed by atoms with Gasteiger partial charge in [-0.2, -0.15) is 0 Å². The molecule has 0 N–H and O–H groups in total. The lowest BCUT2D eigenvalue weighted by Gasteiger charge is -2.47. The van der Waals surface area contributed by atoms with Gasteiger partial charge in [0.05, 0.1) is 10.6 Å². The average molecular weight is 385 g/mol. The standard InChI is InChI=1S/C21H24N2O3S/c24-21(11-13-27(25,26)20-8-2-1-3-9-20)23-15-19(16-23)22-12-10-17-6-4-5-7-18(17)14-22/h1-9,19H,10-16H2. The second-order valence-electron chi connectivity index (χ2n) is 7.32. The molecule has 0 aromatic heterocycles. The van der Waals surface area contributed by atoms with E-state index in [2.05, 4.69) is 29.2 Å². The highest BCUT2D eigenvalue weighted by Crippen LogP contribution is 2.25. The van der Waals surface area contributed by atoms with E-state index >= 15 is 0 Å². The Morgan fingerprint density at radius 2 is 1.63 bits per heavy atom. The van der Waals surface area contributed by atoms with Crippen molar-refractivity contribution in [3.05, 3.63) is 65.7 Å². The number of rotatable bonds is 5. The summed E-state index contributed by atoms with van der Waals surface area (Å²) in [4.78, 5) is 16.9. The summed E-state index contributed by atoms with van der Waals surface area (Å²) in [5.41, 5.74) is 2.80. The van der Waals surface area contributed by atoms with Crippen LogP contribution in [0.25, 0.3) is 0 Å². The average Bonchev–Trinajstić information content (AvgIpc) is 2.66. The summed E-state index contributed by atoms with van der Waals surface area (Å²) in [6, 6.07) is 17.2. The van der Waals surface area contributed by atoms with E-state index in [9.17, 15) is 13.2 Å². The number of nitrogens with zero attached hydrogens (tertiary/aromatic N) is 2. The molecule has 5 nitrogen and oxygen atoms in total. The van der Waals surface area contributed by atoms with Crippen molar-refractivity contribution < 1.29 is 13.2 Å². The van der Waals surface area contributed by atoms with Gasteiger partial charge in [-0.25, -0.2) is 8.42 Å². The van der Waals surface area contributed by atoms with Crippen LogP contribution in [0.5, 0.6) is 0 Å². The molecule has 27 heavy (non-hydrogen) atoms. The minimum atomic E-state index is -3.40. The number of carbonyl (C=O) groups excluding carboxylic acids is 1. The summed E-state index contributed by atoms with van der Waals surface area (Å²) >= 11 is 0. The highest BCUT2D eigenvalue weighted by atomic mass is 32.2. The van der Waals surface area contributed by atoms with E-state index in [0.717, 1.165) is 19.5 Å². The molecule has 2 aromatic rings. The van der Waals surface area contributed by atoms with E-state index in [1.807, 2.05) is 0 Å². The van der Waals surface area contributed by atoms with Gasteiger partial charge >= 0.3 is 0 Å². The molecule has 0 unspecified atom stereocenters. The maximum Gasteiger partial charge on any atom is 0.223 e. The Labute approximate surface area is 160 Å². The Balaban J connectivity index is 1.27. The van der Waals surface area contributed by atoms with Crippen molar-refractivity contribution in [2.75, 3.05) is 25.4 Å². The summed E-state index contributed by atoms with van der Waals surface area (Å²) in [6.45, 7) is 3.36. The molecule has 1 saturated heterocycles. The van der Waals surface area contributed by atoms with Crippen LogP contribution in [0.2, 0.25) is 0 Å². The van der Waals surface area contributed by atoms with Crippen molar-refractivity contribution in [1.29, 1.82) is 0 Å². The number of sulfone groups is 1. The number of carbonyl (C=O) groups is 1. The van der Waals surface area contributed by atoms with Gasteiger partial charge in [0.2, 0.25) is 5.91 Å². The lowest BCUT2D eigenvalue weighted by Crippen LogP contribution is -2.61. The van der Waals surface area contributed by atoms with Crippen LogP contribution in [0.3, 0.4) is 0 Å². The number of hydrogen-bond acceptors (Lipinski definition) is 4. The molecule has 0 atom stereocenters. The van der Waals surface area contributed by atoms with E-state index in [-0.39, 0.29) is 23.0 Å². The normalized spacial score (nSPS) is 18.0. The molecule has 4 rings (SSSR count). The minimum Gasteiger partial charge on any atom is -0.339 e. The van der Waals surface area contributed by atoms with Crippen LogP contribution in [0, 0.1) is 0 Å². The first-order chi connectivity index (χ1) is 13.0. The molecule has 2 aliphatic heterocycles. The molecular weight excluding hydrogens is 360 g/mol. The predicted molar refractivity (Wildman–Crippen MR) is 104 cm³/mol. The highest BCUT2D eigenvalue weighted by molar-refractivity contribution is 7.91. The van der Waals surface area contributed by atoms with Crippen LogP contribution < -0.4 is 0 Å². The van der Waals surface area contributed by atoms with E-state index in [1.165, 1.54) is 11.1 Å². The van der Waals surface area contributed by atoms with Gasteiger partial charge in [-0.1, -0.05) is 42.5 Å². The third kappa shape index (κ3) is 3.92. The molecule has 142 valence electrons. The van der Waals surface area contributed by atoms with Crippen molar-refractivity contribution >= 4 is 15.7 Å². The van der Waals surface area contributed by atoms with Crippen molar-refractivity contribution in [2.24, 2.45) is 0 Å². The second kappa shape index (κ2) is 7.44. The summed E-state index contributed by atoms with van der Waals surface area (Å²) in [5.74, 6) is -0.197. The number of likely N-dealkylation sites (tertiary alicyclic amines) is 1. The molecular formula is C21H24N2O3S. The van der Waals surface area contributed by atoms with Crippen LogP contribution in [0.15, 0.2) is 59.5 Å². The summed E-state index contributed by atoms with van der Waals surface area (Å²) in [6.07, 6.45) is 1.10. The van der Waals surface area contributed by atoms with Crippen molar-refractivity contribution in [3.63, 3.8) is 0 Å². The lowest BCUT2D eigenvalue weighted by atomic mass is 9.96. The fourth-order valence-corrected chi connectivity index (χ4v) is 5.10. The first kappa shape index (κ1) is 18.2. The maximum absolute atomic E-state index is 12.4. The van der Waals surface area contributed by atoms with Crippen LogP contribution in [0.4, 0.5) is 0 Å². The lowest BCUT2D eigenvalue weighted by molar-refractivity contribution is -0.138. The van der Waals surface area contributed by atoms with Crippen molar-refractivity contribution in [2.45, 2.75) is 30.3 Å². The van der Waals surface area contributed by atoms with Crippen LogP contribution in [0.1, 0.15) is 17.5 Å². The molecule has 2 aliphatic rings. The van der Waals surface area contributed by atoms with Crippen LogP contribution >= 0.6 is 0 Å². The van der Waals surface area contributed by atoms with Gasteiger partial charge in [-0.3, -0.25) is 9.69 Å².